The van der Waals surface area contributed by atoms with E-state index in [0.717, 1.165) is 0 Å². The van der Waals surface area contributed by atoms with Gasteiger partial charge in [-0.05, 0) is 0 Å². The molecule has 13 heavy (non-hydrogen) atoms. The molecule has 0 radical (unpaired) electrons. The number of hydrogen-bond donors (Lipinski definition) is 2. The highest BCUT2D eigenvalue weighted by atomic mass is 16.3. The van der Waals surface area contributed by atoms with Crippen molar-refractivity contribution in [1.82, 2.24) is 14.5 Å². The fraction of sp³-hybridized carbons (Fsp3) is 0.250. The molecule has 0 saturated heterocycles. The topological polar surface area (TPSA) is 71.2 Å². The van der Waals surface area contributed by atoms with E-state index < -0.39 is 0 Å². The summed E-state index contributed by atoms with van der Waals surface area (Å²) in [5, 5.41) is 17.9. The summed E-state index contributed by atoms with van der Waals surface area (Å²) >= 11 is 0. The Kier molecular flexibility index (Phi) is 1.96. The first kappa shape index (κ1) is 8.15. The second-order valence-electron chi connectivity index (χ2n) is 2.65. The third-order valence-electron chi connectivity index (χ3n) is 1.89. The van der Waals surface area contributed by atoms with E-state index in [4.69, 9.17) is 10.2 Å². The zero-order valence-corrected chi connectivity index (χ0v) is 6.88. The van der Waals surface area contributed by atoms with Crippen LogP contribution in [0.4, 0.5) is 0 Å². The van der Waals surface area contributed by atoms with Crippen molar-refractivity contribution in [2.24, 2.45) is 0 Å². The highest BCUT2D eigenvalue weighted by Crippen LogP contribution is 2.15. The lowest BCUT2D eigenvalue weighted by Crippen LogP contribution is -1.95. The molecular weight excluding hydrogens is 170 g/mol. The molecule has 2 aromatic heterocycles. The monoisotopic (exact) mass is 179 g/mol. The second-order valence-corrected chi connectivity index (χ2v) is 2.65. The molecule has 0 aliphatic heterocycles. The Morgan fingerprint density at radius 1 is 1.23 bits per heavy atom. The number of fused-ring (bicyclic) bond motifs is 1. The maximum Gasteiger partial charge on any atom is 0.160 e. The standard InChI is InChI=1S/C8H9N3O2/c12-4-6-3-11(5-13)8-7(6)9-1-2-10-8/h1-3,12-13H,4-5H2. The number of aliphatic hydroxyl groups is 2. The molecule has 2 rings (SSSR count). The minimum absolute atomic E-state index is 0.0950. The maximum atomic E-state index is 8.98. The summed E-state index contributed by atoms with van der Waals surface area (Å²) in [4.78, 5) is 8.12. The number of nitrogens with zero attached hydrogens (tertiary/aromatic N) is 3. The predicted octanol–water partition coefficient (Wildman–Crippen LogP) is -0.127. The van der Waals surface area contributed by atoms with Gasteiger partial charge in [-0.3, -0.25) is 4.98 Å². The Bertz CT molecular complexity index is 386. The molecule has 5 heteroatoms. The lowest BCUT2D eigenvalue weighted by molar-refractivity contribution is 0.214. The molecule has 2 N–H and O–H groups in total. The molecule has 0 saturated carbocycles. The first-order valence-electron chi connectivity index (χ1n) is 3.87. The fourth-order valence-corrected chi connectivity index (χ4v) is 1.30. The Balaban J connectivity index is 2.74. The maximum absolute atomic E-state index is 8.98. The van der Waals surface area contributed by atoms with Crippen LogP contribution in [-0.2, 0) is 13.3 Å². The number of hydrogen-bond acceptors (Lipinski definition) is 4. The number of aromatic nitrogens is 3. The van der Waals surface area contributed by atoms with E-state index in [9.17, 15) is 0 Å². The van der Waals surface area contributed by atoms with Crippen molar-refractivity contribution >= 4 is 11.2 Å². The first-order valence-corrected chi connectivity index (χ1v) is 3.87. The van der Waals surface area contributed by atoms with Gasteiger partial charge in [0.2, 0.25) is 0 Å². The van der Waals surface area contributed by atoms with Crippen molar-refractivity contribution in [1.29, 1.82) is 0 Å². The van der Waals surface area contributed by atoms with Crippen LogP contribution < -0.4 is 0 Å². The molecule has 0 unspecified atom stereocenters. The van der Waals surface area contributed by atoms with E-state index in [-0.39, 0.29) is 13.3 Å². The van der Waals surface area contributed by atoms with Crippen molar-refractivity contribution in [2.45, 2.75) is 13.3 Å². The summed E-state index contributed by atoms with van der Waals surface area (Å²) < 4.78 is 1.54. The van der Waals surface area contributed by atoms with Crippen LogP contribution in [0.1, 0.15) is 5.56 Å². The van der Waals surface area contributed by atoms with Gasteiger partial charge in [-0.25, -0.2) is 4.98 Å². The normalized spacial score (nSPS) is 10.9. The van der Waals surface area contributed by atoms with Crippen molar-refractivity contribution in [3.05, 3.63) is 24.2 Å². The van der Waals surface area contributed by atoms with E-state index in [1.165, 1.54) is 4.57 Å². The van der Waals surface area contributed by atoms with E-state index in [1.807, 2.05) is 0 Å². The summed E-state index contributed by atoms with van der Waals surface area (Å²) in [7, 11) is 0. The summed E-state index contributed by atoms with van der Waals surface area (Å²) in [6.45, 7) is -0.253. The highest BCUT2D eigenvalue weighted by Gasteiger charge is 2.08. The Morgan fingerprint density at radius 2 is 2.00 bits per heavy atom. The lowest BCUT2D eigenvalue weighted by Gasteiger charge is -1.95. The second kappa shape index (κ2) is 3.12. The molecule has 0 spiro atoms. The molecule has 0 aromatic carbocycles. The minimum Gasteiger partial charge on any atom is -0.392 e. The summed E-state index contributed by atoms with van der Waals surface area (Å²) in [5.41, 5.74) is 1.91. The van der Waals surface area contributed by atoms with Gasteiger partial charge in [0.15, 0.2) is 5.65 Å². The average molecular weight is 179 g/mol. The van der Waals surface area contributed by atoms with Gasteiger partial charge in [0, 0.05) is 24.2 Å². The van der Waals surface area contributed by atoms with E-state index in [2.05, 4.69) is 9.97 Å². The summed E-state index contributed by atoms with van der Waals surface area (Å²) in [6.07, 6.45) is 4.75. The Hall–Kier alpha value is -1.46. The molecule has 0 bridgehead atoms. The van der Waals surface area contributed by atoms with Crippen LogP contribution >= 0.6 is 0 Å². The summed E-state index contributed by atoms with van der Waals surface area (Å²) in [6, 6.07) is 0. The van der Waals surface area contributed by atoms with Gasteiger partial charge < -0.3 is 14.8 Å². The molecule has 0 fully saturated rings. The molecule has 2 aromatic rings. The Morgan fingerprint density at radius 3 is 2.69 bits per heavy atom. The molecule has 2 heterocycles. The Labute approximate surface area is 74.3 Å². The number of rotatable bonds is 2. The van der Waals surface area contributed by atoms with Crippen LogP contribution in [-0.4, -0.2) is 24.7 Å². The van der Waals surface area contributed by atoms with Crippen LogP contribution in [0.5, 0.6) is 0 Å². The van der Waals surface area contributed by atoms with Crippen molar-refractivity contribution in [3.8, 4) is 0 Å². The zero-order valence-electron chi connectivity index (χ0n) is 6.88. The smallest absolute Gasteiger partial charge is 0.160 e. The van der Waals surface area contributed by atoms with Crippen molar-refractivity contribution in [2.75, 3.05) is 0 Å². The van der Waals surface area contributed by atoms with Gasteiger partial charge in [0.25, 0.3) is 0 Å². The van der Waals surface area contributed by atoms with Crippen LogP contribution in [0.3, 0.4) is 0 Å². The quantitative estimate of drug-likeness (QED) is 0.673. The molecular formula is C8H9N3O2. The number of aliphatic hydroxyl groups excluding tert-OH is 2. The first-order chi connectivity index (χ1) is 6.36. The fourth-order valence-electron chi connectivity index (χ4n) is 1.30. The van der Waals surface area contributed by atoms with Crippen molar-refractivity contribution < 1.29 is 10.2 Å². The minimum atomic E-state index is -0.158. The third-order valence-corrected chi connectivity index (χ3v) is 1.89. The summed E-state index contributed by atoms with van der Waals surface area (Å²) in [5.74, 6) is 0. The largest absolute Gasteiger partial charge is 0.392 e. The average Bonchev–Trinajstić information content (AvgIpc) is 2.56. The molecule has 0 atom stereocenters. The predicted molar refractivity (Wildman–Crippen MR) is 45.7 cm³/mol. The molecule has 0 aliphatic rings. The van der Waals surface area contributed by atoms with E-state index in [0.29, 0.717) is 16.7 Å². The van der Waals surface area contributed by atoms with Gasteiger partial charge in [-0.1, -0.05) is 0 Å². The van der Waals surface area contributed by atoms with E-state index >= 15 is 0 Å². The van der Waals surface area contributed by atoms with Crippen molar-refractivity contribution in [3.63, 3.8) is 0 Å². The van der Waals surface area contributed by atoms with Gasteiger partial charge in [0.1, 0.15) is 12.2 Å². The van der Waals surface area contributed by atoms with E-state index in [1.54, 1.807) is 18.6 Å². The van der Waals surface area contributed by atoms with Crippen LogP contribution in [0.2, 0.25) is 0 Å². The van der Waals surface area contributed by atoms with Crippen LogP contribution in [0.25, 0.3) is 11.2 Å². The third kappa shape index (κ3) is 1.18. The molecule has 0 aliphatic carbocycles. The van der Waals surface area contributed by atoms with Gasteiger partial charge >= 0.3 is 0 Å². The van der Waals surface area contributed by atoms with Gasteiger partial charge in [-0.2, -0.15) is 0 Å². The molecule has 0 amide bonds. The van der Waals surface area contributed by atoms with Gasteiger partial charge in [0.05, 0.1) is 6.61 Å². The van der Waals surface area contributed by atoms with Crippen LogP contribution in [0, 0.1) is 0 Å². The highest BCUT2D eigenvalue weighted by molar-refractivity contribution is 5.75. The lowest BCUT2D eigenvalue weighted by atomic mass is 10.3. The molecule has 5 nitrogen and oxygen atoms in total. The zero-order chi connectivity index (χ0) is 9.26. The van der Waals surface area contributed by atoms with Crippen LogP contribution in [0.15, 0.2) is 18.6 Å². The molecule has 68 valence electrons. The van der Waals surface area contributed by atoms with Gasteiger partial charge in [-0.15, -0.1) is 0 Å². The SMILES string of the molecule is OCc1cn(CO)c2nccnc12.